The normalized spacial score (nSPS) is 16.7. The van der Waals surface area contributed by atoms with Crippen molar-refractivity contribution < 1.29 is 23.6 Å². The molecule has 0 unspecified atom stereocenters. The topological polar surface area (TPSA) is 63.1 Å². The Morgan fingerprint density at radius 1 is 1.35 bits per heavy atom. The molecule has 6 nitrogen and oxygen atoms in total. The molecule has 2 N–H and O–H groups in total. The van der Waals surface area contributed by atoms with Crippen LogP contribution in [0.3, 0.4) is 0 Å². The molecular formula is C16H23FN3O3+. The van der Waals surface area contributed by atoms with Gasteiger partial charge in [0.2, 0.25) is 0 Å². The molecule has 0 radical (unpaired) electrons. The molecule has 126 valence electrons. The second-order valence-electron chi connectivity index (χ2n) is 5.54. The average molecular weight is 324 g/mol. The van der Waals surface area contributed by atoms with E-state index in [4.69, 9.17) is 4.74 Å². The minimum Gasteiger partial charge on any atom is -0.450 e. The summed E-state index contributed by atoms with van der Waals surface area (Å²) in [6.07, 6.45) is -0.310. The number of rotatable bonds is 4. The van der Waals surface area contributed by atoms with Crippen LogP contribution in [0.4, 0.5) is 14.9 Å². The van der Waals surface area contributed by atoms with Crippen LogP contribution in [0.2, 0.25) is 0 Å². The number of carbonyl (C=O) groups is 2. The first kappa shape index (κ1) is 17.2. The number of quaternary nitrogens is 1. The highest BCUT2D eigenvalue weighted by Gasteiger charge is 2.31. The van der Waals surface area contributed by atoms with E-state index in [1.807, 2.05) is 6.92 Å². The van der Waals surface area contributed by atoms with Crippen LogP contribution in [0.5, 0.6) is 0 Å². The van der Waals surface area contributed by atoms with Gasteiger partial charge in [-0.1, -0.05) is 12.1 Å². The summed E-state index contributed by atoms with van der Waals surface area (Å²) in [7, 11) is 0. The van der Waals surface area contributed by atoms with E-state index in [1.165, 1.54) is 12.1 Å². The van der Waals surface area contributed by atoms with Gasteiger partial charge in [-0.2, -0.15) is 0 Å². The largest absolute Gasteiger partial charge is 0.450 e. The van der Waals surface area contributed by atoms with E-state index < -0.39 is 5.82 Å². The van der Waals surface area contributed by atoms with Crippen LogP contribution in [-0.4, -0.2) is 55.7 Å². The lowest BCUT2D eigenvalue weighted by molar-refractivity contribution is -0.917. The van der Waals surface area contributed by atoms with Crippen LogP contribution in [0.25, 0.3) is 0 Å². The average Bonchev–Trinajstić information content (AvgIpc) is 2.56. The molecule has 23 heavy (non-hydrogen) atoms. The van der Waals surface area contributed by atoms with Gasteiger partial charge in [0.1, 0.15) is 5.82 Å². The van der Waals surface area contributed by atoms with Crippen LogP contribution in [0, 0.1) is 5.82 Å². The van der Waals surface area contributed by atoms with E-state index >= 15 is 0 Å². The van der Waals surface area contributed by atoms with E-state index in [-0.39, 0.29) is 23.7 Å². The molecule has 1 aliphatic heterocycles. The number of hydrogen-bond donors (Lipinski definition) is 2. The number of hydrogen-bond acceptors (Lipinski definition) is 3. The number of nitrogens with zero attached hydrogens (tertiary/aromatic N) is 1. The molecule has 1 saturated heterocycles. The molecule has 2 rings (SSSR count). The van der Waals surface area contributed by atoms with Crippen molar-refractivity contribution in [2.24, 2.45) is 0 Å². The van der Waals surface area contributed by atoms with Gasteiger partial charge < -0.3 is 15.0 Å². The molecule has 0 bridgehead atoms. The fraction of sp³-hybridized carbons (Fsp3) is 0.500. The van der Waals surface area contributed by atoms with Crippen LogP contribution >= 0.6 is 0 Å². The first-order valence-electron chi connectivity index (χ1n) is 7.84. The predicted octanol–water partition coefficient (Wildman–Crippen LogP) is 0.510. The Labute approximate surface area is 135 Å². The lowest BCUT2D eigenvalue weighted by Crippen LogP contribution is -3.19. The van der Waals surface area contributed by atoms with Gasteiger partial charge in [-0.15, -0.1) is 0 Å². The van der Waals surface area contributed by atoms with Crippen molar-refractivity contribution in [1.29, 1.82) is 0 Å². The van der Waals surface area contributed by atoms with Crippen LogP contribution in [-0.2, 0) is 9.53 Å². The Balaban J connectivity index is 1.87. The second kappa shape index (κ2) is 7.92. The molecule has 0 aliphatic carbocycles. The summed E-state index contributed by atoms with van der Waals surface area (Å²) >= 11 is 0. The number of nitrogens with one attached hydrogen (secondary N) is 2. The summed E-state index contributed by atoms with van der Waals surface area (Å²) in [5.41, 5.74) is 0.189. The number of halogens is 1. The highest BCUT2D eigenvalue weighted by molar-refractivity contribution is 5.93. The summed E-state index contributed by atoms with van der Waals surface area (Å²) in [6.45, 7) is 6.35. The van der Waals surface area contributed by atoms with Gasteiger partial charge in [0.25, 0.3) is 5.91 Å². The van der Waals surface area contributed by atoms with Crippen molar-refractivity contribution in [1.82, 2.24) is 4.90 Å². The maximum atomic E-state index is 13.6. The lowest BCUT2D eigenvalue weighted by Gasteiger charge is -2.34. The third kappa shape index (κ3) is 4.41. The van der Waals surface area contributed by atoms with Crippen molar-refractivity contribution in [2.45, 2.75) is 19.9 Å². The fourth-order valence-corrected chi connectivity index (χ4v) is 2.61. The summed E-state index contributed by atoms with van der Waals surface area (Å²) in [5.74, 6) is -0.676. The van der Waals surface area contributed by atoms with Crippen LogP contribution in [0.15, 0.2) is 24.3 Å². The highest BCUT2D eigenvalue weighted by atomic mass is 19.1. The summed E-state index contributed by atoms with van der Waals surface area (Å²) in [6, 6.07) is 5.78. The van der Waals surface area contributed by atoms with Gasteiger partial charge in [0.05, 0.1) is 38.5 Å². The van der Waals surface area contributed by atoms with Crippen molar-refractivity contribution in [3.05, 3.63) is 30.1 Å². The summed E-state index contributed by atoms with van der Waals surface area (Å²) in [5, 5.41) is 2.62. The molecule has 1 fully saturated rings. The lowest BCUT2D eigenvalue weighted by atomic mass is 10.2. The molecule has 0 spiro atoms. The van der Waals surface area contributed by atoms with Crippen molar-refractivity contribution >= 4 is 17.7 Å². The number of carbonyl (C=O) groups excluding carboxylic acids is 2. The number of benzene rings is 1. The fourth-order valence-electron chi connectivity index (χ4n) is 2.61. The minimum atomic E-state index is -0.449. The molecule has 1 aromatic carbocycles. The monoisotopic (exact) mass is 324 g/mol. The van der Waals surface area contributed by atoms with Crippen molar-refractivity contribution in [3.8, 4) is 0 Å². The van der Waals surface area contributed by atoms with E-state index in [0.717, 1.165) is 4.90 Å². The Morgan fingerprint density at radius 2 is 2.00 bits per heavy atom. The minimum absolute atomic E-state index is 0.189. The maximum absolute atomic E-state index is 13.6. The highest BCUT2D eigenvalue weighted by Crippen LogP contribution is 2.12. The van der Waals surface area contributed by atoms with Crippen molar-refractivity contribution in [3.63, 3.8) is 0 Å². The Bertz CT molecular complexity index is 559. The molecule has 1 aromatic rings. The molecule has 2 amide bonds. The Kier molecular flexibility index (Phi) is 5.92. The zero-order valence-corrected chi connectivity index (χ0v) is 13.5. The first-order valence-corrected chi connectivity index (χ1v) is 7.84. The summed E-state index contributed by atoms with van der Waals surface area (Å²) in [4.78, 5) is 26.7. The number of amides is 2. The van der Waals surface area contributed by atoms with Crippen LogP contribution in [0.1, 0.15) is 13.8 Å². The van der Waals surface area contributed by atoms with Gasteiger partial charge in [0.15, 0.2) is 6.04 Å². The van der Waals surface area contributed by atoms with Gasteiger partial charge in [-0.25, -0.2) is 9.18 Å². The third-order valence-corrected chi connectivity index (χ3v) is 4.07. The van der Waals surface area contributed by atoms with E-state index in [2.05, 4.69) is 5.32 Å². The SMILES string of the molecule is CCOC(=O)N1CC[NH+]([C@@H](C)C(=O)Nc2ccccc2F)CC1. The number of piperazine rings is 1. The number of para-hydroxylation sites is 1. The molecule has 1 aliphatic rings. The van der Waals surface area contributed by atoms with Gasteiger partial charge in [-0.3, -0.25) is 9.69 Å². The van der Waals surface area contributed by atoms with E-state index in [9.17, 15) is 14.0 Å². The molecule has 1 heterocycles. The van der Waals surface area contributed by atoms with Gasteiger partial charge in [-0.05, 0) is 26.0 Å². The smallest absolute Gasteiger partial charge is 0.410 e. The summed E-state index contributed by atoms with van der Waals surface area (Å²) < 4.78 is 18.6. The quantitative estimate of drug-likeness (QED) is 0.848. The maximum Gasteiger partial charge on any atom is 0.410 e. The van der Waals surface area contributed by atoms with E-state index in [1.54, 1.807) is 24.0 Å². The first-order chi connectivity index (χ1) is 11.0. The Morgan fingerprint density at radius 3 is 2.61 bits per heavy atom. The molecule has 0 aromatic heterocycles. The third-order valence-electron chi connectivity index (χ3n) is 4.07. The predicted molar refractivity (Wildman–Crippen MR) is 83.8 cm³/mol. The van der Waals surface area contributed by atoms with E-state index in [0.29, 0.717) is 32.8 Å². The van der Waals surface area contributed by atoms with Crippen LogP contribution < -0.4 is 10.2 Å². The van der Waals surface area contributed by atoms with Gasteiger partial charge >= 0.3 is 6.09 Å². The Hall–Kier alpha value is -2.15. The van der Waals surface area contributed by atoms with Crippen molar-refractivity contribution in [2.75, 3.05) is 38.1 Å². The zero-order valence-electron chi connectivity index (χ0n) is 13.5. The molecule has 0 saturated carbocycles. The number of anilines is 1. The molecule has 1 atom stereocenters. The molecular weight excluding hydrogens is 301 g/mol. The standard InChI is InChI=1S/C16H22FN3O3/c1-3-23-16(22)20-10-8-19(9-11-20)12(2)15(21)18-14-7-5-4-6-13(14)17/h4-7,12H,3,8-11H2,1-2H3,(H,18,21)/p+1/t12-/m0/s1. The number of ether oxygens (including phenoxy) is 1. The second-order valence-corrected chi connectivity index (χ2v) is 5.54. The van der Waals surface area contributed by atoms with Gasteiger partial charge in [0, 0.05) is 0 Å². The zero-order chi connectivity index (χ0) is 16.8. The molecule has 7 heteroatoms.